The summed E-state index contributed by atoms with van der Waals surface area (Å²) in [4.78, 5) is 0. The van der Waals surface area contributed by atoms with E-state index in [1.807, 2.05) is 0 Å². The van der Waals surface area contributed by atoms with Gasteiger partial charge >= 0.3 is 0 Å². The molecule has 0 unspecified atom stereocenters. The van der Waals surface area contributed by atoms with Crippen LogP contribution >= 0.6 is 43.2 Å². The lowest BCUT2D eigenvalue weighted by molar-refractivity contribution is 0.0324. The van der Waals surface area contributed by atoms with Gasteiger partial charge < -0.3 is 28.4 Å². The maximum atomic E-state index is 5.85. The van der Waals surface area contributed by atoms with Gasteiger partial charge in [-0.3, -0.25) is 0 Å². The van der Waals surface area contributed by atoms with Crippen LogP contribution in [0.1, 0.15) is 39.5 Å². The van der Waals surface area contributed by atoms with Crippen molar-refractivity contribution in [1.82, 2.24) is 0 Å². The second kappa shape index (κ2) is 18.8. The van der Waals surface area contributed by atoms with Gasteiger partial charge in [0.2, 0.25) is 0 Å². The Balaban J connectivity index is 2.16. The van der Waals surface area contributed by atoms with Crippen molar-refractivity contribution in [2.24, 2.45) is 0 Å². The van der Waals surface area contributed by atoms with Crippen LogP contribution in [0.3, 0.4) is 0 Å². The Morgan fingerprint density at radius 1 is 0.552 bits per heavy atom. The summed E-state index contributed by atoms with van der Waals surface area (Å²) in [6, 6.07) is 0. The molecule has 9 heteroatoms. The van der Waals surface area contributed by atoms with Crippen molar-refractivity contribution in [3.63, 3.8) is 0 Å². The quantitative estimate of drug-likeness (QED) is 0.190. The molecule has 0 aliphatic rings. The average molecular weight is 562 g/mol. The topological polar surface area (TPSA) is 55.4 Å². The lowest BCUT2D eigenvalue weighted by Crippen LogP contribution is -2.13. The molecule has 6 nitrogen and oxygen atoms in total. The summed E-state index contributed by atoms with van der Waals surface area (Å²) in [6.45, 7) is 10.1. The van der Waals surface area contributed by atoms with E-state index in [1.54, 1.807) is 0 Å². The van der Waals surface area contributed by atoms with Crippen LogP contribution < -0.4 is 9.47 Å². The van der Waals surface area contributed by atoms with E-state index in [0.29, 0.717) is 64.4 Å². The highest BCUT2D eigenvalue weighted by Gasteiger charge is 2.18. The summed E-state index contributed by atoms with van der Waals surface area (Å²) in [6.07, 6.45) is 4.46. The first-order chi connectivity index (χ1) is 14.2. The molecule has 0 aliphatic heterocycles. The Hall–Kier alpha value is 0.1000. The second-order valence-electron chi connectivity index (χ2n) is 6.16. The van der Waals surface area contributed by atoms with Crippen molar-refractivity contribution in [2.45, 2.75) is 39.5 Å². The first-order valence-corrected chi connectivity index (χ1v) is 12.6. The van der Waals surface area contributed by atoms with Crippen LogP contribution in [-0.4, -0.2) is 66.1 Å². The summed E-state index contributed by atoms with van der Waals surface area (Å²) >= 11 is 8.57. The van der Waals surface area contributed by atoms with Crippen LogP contribution in [-0.2, 0) is 18.9 Å². The zero-order valence-corrected chi connectivity index (χ0v) is 21.5. The minimum absolute atomic E-state index is 0.443. The molecule has 0 aromatic carbocycles. The number of ether oxygens (including phenoxy) is 6. The molecule has 0 fully saturated rings. The Labute approximate surface area is 195 Å². The molecule has 0 N–H and O–H groups in total. The Bertz CT molecular complexity index is 473. The normalized spacial score (nSPS) is 11.2. The van der Waals surface area contributed by atoms with E-state index in [1.165, 1.54) is 11.3 Å². The number of unbranched alkanes of at least 4 members (excludes halogenated alkanes) is 2. The lowest BCUT2D eigenvalue weighted by atomic mass is 10.4. The highest BCUT2D eigenvalue weighted by molar-refractivity contribution is 9.12. The van der Waals surface area contributed by atoms with Gasteiger partial charge in [-0.05, 0) is 44.7 Å². The first-order valence-electron chi connectivity index (χ1n) is 10.2. The number of halogens is 2. The highest BCUT2D eigenvalue weighted by atomic mass is 79.9. The van der Waals surface area contributed by atoms with E-state index >= 15 is 0 Å². The van der Waals surface area contributed by atoms with Crippen LogP contribution in [0.4, 0.5) is 0 Å². The lowest BCUT2D eigenvalue weighted by Gasteiger charge is -2.11. The Kier molecular flexibility index (Phi) is 17.6. The minimum Gasteiger partial charge on any atom is -0.485 e. The molecule has 1 heterocycles. The molecule has 0 radical (unpaired) electrons. The molecule has 170 valence electrons. The predicted molar refractivity (Wildman–Crippen MR) is 124 cm³/mol. The van der Waals surface area contributed by atoms with Crippen LogP contribution in [0, 0.1) is 0 Å². The second-order valence-corrected chi connectivity index (χ2v) is 9.82. The molecule has 0 bridgehead atoms. The van der Waals surface area contributed by atoms with Gasteiger partial charge in [0, 0.05) is 13.2 Å². The molecule has 0 saturated heterocycles. The van der Waals surface area contributed by atoms with Crippen LogP contribution in [0.2, 0.25) is 0 Å². The van der Waals surface area contributed by atoms with Crippen molar-refractivity contribution in [3.05, 3.63) is 7.57 Å². The molecule has 0 spiro atoms. The van der Waals surface area contributed by atoms with E-state index in [0.717, 1.165) is 46.5 Å². The van der Waals surface area contributed by atoms with Gasteiger partial charge in [0.25, 0.3) is 0 Å². The fourth-order valence-electron chi connectivity index (χ4n) is 2.14. The minimum atomic E-state index is 0.443. The number of hydrogen-bond acceptors (Lipinski definition) is 7. The summed E-state index contributed by atoms with van der Waals surface area (Å²) in [7, 11) is 0. The molecule has 29 heavy (non-hydrogen) atoms. The molecule has 0 aliphatic carbocycles. The third-order valence-electron chi connectivity index (χ3n) is 3.72. The van der Waals surface area contributed by atoms with Gasteiger partial charge in [-0.1, -0.05) is 26.7 Å². The van der Waals surface area contributed by atoms with E-state index in [4.69, 9.17) is 28.4 Å². The predicted octanol–water partition coefficient (Wildman–Crippen LogP) is 5.70. The fraction of sp³-hybridized carbons (Fsp3) is 0.800. The van der Waals surface area contributed by atoms with Crippen LogP contribution in [0.5, 0.6) is 11.5 Å². The summed E-state index contributed by atoms with van der Waals surface area (Å²) < 4.78 is 35.5. The molecule has 0 atom stereocenters. The summed E-state index contributed by atoms with van der Waals surface area (Å²) in [5.74, 6) is 1.38. The van der Waals surface area contributed by atoms with Gasteiger partial charge in [-0.25, -0.2) is 0 Å². The van der Waals surface area contributed by atoms with Crippen LogP contribution in [0.25, 0.3) is 0 Å². The van der Waals surface area contributed by atoms with Gasteiger partial charge in [-0.2, -0.15) is 0 Å². The van der Waals surface area contributed by atoms with Crippen molar-refractivity contribution < 1.29 is 28.4 Å². The molecule has 0 saturated carbocycles. The third-order valence-corrected chi connectivity index (χ3v) is 6.14. The maximum absolute atomic E-state index is 5.85. The van der Waals surface area contributed by atoms with Gasteiger partial charge in [-0.15, -0.1) is 11.3 Å². The van der Waals surface area contributed by atoms with E-state index < -0.39 is 0 Å². The SMILES string of the molecule is CCCCOCCOCCOc1c(Br)sc(Br)c1OCCOCCOCCCC. The number of hydrogen-bond donors (Lipinski definition) is 0. The Morgan fingerprint density at radius 2 is 0.897 bits per heavy atom. The van der Waals surface area contributed by atoms with Crippen LogP contribution in [0.15, 0.2) is 7.57 Å². The highest BCUT2D eigenvalue weighted by Crippen LogP contribution is 2.48. The molecule has 1 aromatic heterocycles. The average Bonchev–Trinajstić information content (AvgIpc) is 2.98. The molecular formula is C20H34Br2O6S. The molecule has 1 rings (SSSR count). The zero-order valence-electron chi connectivity index (χ0n) is 17.5. The van der Waals surface area contributed by atoms with Gasteiger partial charge in [0.1, 0.15) is 20.8 Å². The van der Waals surface area contributed by atoms with Gasteiger partial charge in [0.05, 0.1) is 39.6 Å². The smallest absolute Gasteiger partial charge is 0.187 e. The number of rotatable bonds is 20. The monoisotopic (exact) mass is 560 g/mol. The Morgan fingerprint density at radius 3 is 1.28 bits per heavy atom. The third kappa shape index (κ3) is 13.2. The fourth-order valence-corrected chi connectivity index (χ4v) is 4.99. The maximum Gasteiger partial charge on any atom is 0.187 e. The summed E-state index contributed by atoms with van der Waals surface area (Å²) in [5, 5.41) is 0. The van der Waals surface area contributed by atoms with E-state index in [9.17, 15) is 0 Å². The standard InChI is InChI=1S/C20H34Br2O6S/c1-3-5-7-23-9-11-25-13-15-27-17-18(20(22)29-19(17)21)28-16-14-26-12-10-24-8-6-4-2/h3-16H2,1-2H3. The van der Waals surface area contributed by atoms with Crippen molar-refractivity contribution in [3.8, 4) is 11.5 Å². The first kappa shape index (κ1) is 27.1. The van der Waals surface area contributed by atoms with Crippen molar-refractivity contribution in [1.29, 1.82) is 0 Å². The molecular weight excluding hydrogens is 528 g/mol. The zero-order chi connectivity index (χ0) is 21.2. The molecule has 0 amide bonds. The number of thiophene rings is 1. The van der Waals surface area contributed by atoms with E-state index in [2.05, 4.69) is 45.7 Å². The largest absolute Gasteiger partial charge is 0.485 e. The van der Waals surface area contributed by atoms with Crippen molar-refractivity contribution >= 4 is 43.2 Å². The van der Waals surface area contributed by atoms with E-state index in [-0.39, 0.29) is 0 Å². The van der Waals surface area contributed by atoms with Crippen molar-refractivity contribution in [2.75, 3.05) is 66.1 Å². The summed E-state index contributed by atoms with van der Waals surface area (Å²) in [5.41, 5.74) is 0. The van der Waals surface area contributed by atoms with Gasteiger partial charge in [0.15, 0.2) is 11.5 Å². The molecule has 1 aromatic rings.